The topological polar surface area (TPSA) is 64.9 Å². The van der Waals surface area contributed by atoms with Crippen molar-refractivity contribution in [2.75, 3.05) is 5.32 Å². The van der Waals surface area contributed by atoms with Gasteiger partial charge in [-0.05, 0) is 47.2 Å². The smallest absolute Gasteiger partial charge is 0.243 e. The predicted molar refractivity (Wildman–Crippen MR) is 105 cm³/mol. The highest BCUT2D eigenvalue weighted by Gasteiger charge is 2.10. The fourth-order valence-corrected chi connectivity index (χ4v) is 3.12. The van der Waals surface area contributed by atoms with Crippen molar-refractivity contribution in [3.63, 3.8) is 0 Å². The monoisotopic (exact) mass is 453 g/mol. The Hall–Kier alpha value is -2.19. The molecular weight excluding hydrogens is 437 g/mol. The van der Waals surface area contributed by atoms with Crippen LogP contribution in [0.15, 0.2) is 40.9 Å². The summed E-state index contributed by atoms with van der Waals surface area (Å²) in [6.07, 6.45) is 0.934. The maximum absolute atomic E-state index is 13.2. The number of aromatic nitrogens is 4. The van der Waals surface area contributed by atoms with E-state index in [1.807, 2.05) is 18.2 Å². The van der Waals surface area contributed by atoms with E-state index in [9.17, 15) is 4.39 Å². The maximum atomic E-state index is 13.2. The Labute approximate surface area is 169 Å². The van der Waals surface area contributed by atoms with Gasteiger partial charge in [-0.15, -0.1) is 0 Å². The third-order valence-electron chi connectivity index (χ3n) is 3.83. The van der Waals surface area contributed by atoms with Crippen LogP contribution < -0.4 is 10.1 Å². The number of nitrogens with one attached hydrogen (secondary N) is 1. The quantitative estimate of drug-likeness (QED) is 0.528. The lowest BCUT2D eigenvalue weighted by molar-refractivity contribution is 0.303. The van der Waals surface area contributed by atoms with Gasteiger partial charge in [0.15, 0.2) is 0 Å². The number of tetrazole rings is 1. The van der Waals surface area contributed by atoms with Gasteiger partial charge in [-0.2, -0.15) is 0 Å². The molecular formula is C18H18BrClFN5O. The van der Waals surface area contributed by atoms with E-state index in [4.69, 9.17) is 16.3 Å². The first-order valence-corrected chi connectivity index (χ1v) is 9.59. The van der Waals surface area contributed by atoms with Crippen molar-refractivity contribution < 1.29 is 9.13 Å². The van der Waals surface area contributed by atoms with Gasteiger partial charge in [0.05, 0.1) is 5.02 Å². The molecule has 6 nitrogen and oxygen atoms in total. The van der Waals surface area contributed by atoms with Crippen molar-refractivity contribution in [2.24, 2.45) is 0 Å². The molecule has 142 valence electrons. The molecule has 0 aliphatic heterocycles. The molecule has 0 aliphatic rings. The Balaban J connectivity index is 1.71. The zero-order valence-corrected chi connectivity index (χ0v) is 17.0. The summed E-state index contributed by atoms with van der Waals surface area (Å²) in [5.41, 5.74) is 1.64. The zero-order chi connectivity index (χ0) is 19.2. The van der Waals surface area contributed by atoms with E-state index in [-0.39, 0.29) is 12.4 Å². The second-order valence-corrected chi connectivity index (χ2v) is 7.18. The van der Waals surface area contributed by atoms with Crippen LogP contribution in [-0.4, -0.2) is 20.2 Å². The number of ether oxygens (including phenoxy) is 1. The number of nitrogens with zero attached hydrogens (tertiary/aromatic N) is 4. The minimum Gasteiger partial charge on any atom is -0.488 e. The summed E-state index contributed by atoms with van der Waals surface area (Å²) >= 11 is 9.55. The second-order valence-electron chi connectivity index (χ2n) is 5.86. The van der Waals surface area contributed by atoms with E-state index in [2.05, 4.69) is 43.7 Å². The molecule has 0 radical (unpaired) electrons. The average molecular weight is 455 g/mol. The lowest BCUT2D eigenvalue weighted by Crippen LogP contribution is -2.10. The molecule has 0 unspecified atom stereocenters. The second kappa shape index (κ2) is 9.14. The van der Waals surface area contributed by atoms with Crippen molar-refractivity contribution >= 4 is 33.5 Å². The minimum absolute atomic E-state index is 0.237. The van der Waals surface area contributed by atoms with E-state index in [0.717, 1.165) is 23.0 Å². The SMILES string of the molecule is CCCn1nnnc1NCc1cc(Br)ccc1OCc1ccc(F)cc1Cl. The molecule has 0 saturated carbocycles. The molecule has 0 bridgehead atoms. The van der Waals surface area contributed by atoms with Crippen LogP contribution in [0.4, 0.5) is 10.3 Å². The zero-order valence-electron chi connectivity index (χ0n) is 14.6. The molecule has 0 amide bonds. The van der Waals surface area contributed by atoms with Gasteiger partial charge in [0, 0.05) is 28.7 Å². The molecule has 0 aliphatic carbocycles. The van der Waals surface area contributed by atoms with Crippen LogP contribution in [0.25, 0.3) is 0 Å². The van der Waals surface area contributed by atoms with Gasteiger partial charge in [-0.3, -0.25) is 0 Å². The number of halogens is 3. The molecule has 0 atom stereocenters. The molecule has 3 rings (SSSR count). The standard InChI is InChI=1S/C18H18BrClFN5O/c1-2-7-26-18(23-24-25-26)22-10-13-8-14(19)4-6-17(13)27-11-12-3-5-15(21)9-16(12)20/h3-6,8-9H,2,7,10-11H2,1H3,(H,22,23,25). The first-order chi connectivity index (χ1) is 13.1. The number of anilines is 1. The summed E-state index contributed by atoms with van der Waals surface area (Å²) in [6.45, 7) is 3.52. The predicted octanol–water partition coefficient (Wildman–Crippen LogP) is 4.83. The van der Waals surface area contributed by atoms with Crippen LogP contribution in [0, 0.1) is 5.82 Å². The summed E-state index contributed by atoms with van der Waals surface area (Å²) in [5, 5.41) is 15.2. The van der Waals surface area contributed by atoms with E-state index in [1.165, 1.54) is 12.1 Å². The summed E-state index contributed by atoms with van der Waals surface area (Å²) in [5.74, 6) is 0.923. The van der Waals surface area contributed by atoms with Crippen LogP contribution in [0.1, 0.15) is 24.5 Å². The fourth-order valence-electron chi connectivity index (χ4n) is 2.49. The van der Waals surface area contributed by atoms with Gasteiger partial charge < -0.3 is 10.1 Å². The first kappa shape index (κ1) is 19.6. The van der Waals surface area contributed by atoms with E-state index in [1.54, 1.807) is 10.7 Å². The summed E-state index contributed by atoms with van der Waals surface area (Å²) in [7, 11) is 0. The summed E-state index contributed by atoms with van der Waals surface area (Å²) in [4.78, 5) is 0. The van der Waals surface area contributed by atoms with E-state index < -0.39 is 0 Å². The van der Waals surface area contributed by atoms with Gasteiger partial charge in [0.2, 0.25) is 5.95 Å². The van der Waals surface area contributed by atoms with Crippen molar-refractivity contribution in [2.45, 2.75) is 33.0 Å². The Morgan fingerprint density at radius 1 is 1.22 bits per heavy atom. The van der Waals surface area contributed by atoms with Crippen LogP contribution in [0.2, 0.25) is 5.02 Å². The molecule has 0 spiro atoms. The van der Waals surface area contributed by atoms with E-state index >= 15 is 0 Å². The Morgan fingerprint density at radius 3 is 2.85 bits per heavy atom. The number of hydrogen-bond donors (Lipinski definition) is 1. The lowest BCUT2D eigenvalue weighted by Gasteiger charge is -2.14. The lowest BCUT2D eigenvalue weighted by atomic mass is 10.2. The van der Waals surface area contributed by atoms with Gasteiger partial charge >= 0.3 is 0 Å². The van der Waals surface area contributed by atoms with Crippen molar-refractivity contribution in [1.29, 1.82) is 0 Å². The molecule has 1 heterocycles. The third-order valence-corrected chi connectivity index (χ3v) is 4.67. The molecule has 9 heteroatoms. The molecule has 2 aromatic carbocycles. The van der Waals surface area contributed by atoms with Crippen molar-refractivity contribution in [3.8, 4) is 5.75 Å². The van der Waals surface area contributed by atoms with Crippen molar-refractivity contribution in [3.05, 3.63) is 62.8 Å². The number of aryl methyl sites for hydroxylation is 1. The fraction of sp³-hybridized carbons (Fsp3) is 0.278. The van der Waals surface area contributed by atoms with E-state index in [0.29, 0.717) is 28.8 Å². The van der Waals surface area contributed by atoms with Crippen LogP contribution in [0.3, 0.4) is 0 Å². The summed E-state index contributed by atoms with van der Waals surface area (Å²) in [6, 6.07) is 9.98. The van der Waals surface area contributed by atoms with Gasteiger partial charge in [-0.25, -0.2) is 9.07 Å². The largest absolute Gasteiger partial charge is 0.488 e. The highest BCUT2D eigenvalue weighted by atomic mass is 79.9. The first-order valence-electron chi connectivity index (χ1n) is 8.42. The van der Waals surface area contributed by atoms with Crippen LogP contribution >= 0.6 is 27.5 Å². The Morgan fingerprint density at radius 2 is 2.07 bits per heavy atom. The minimum atomic E-state index is -0.373. The maximum Gasteiger partial charge on any atom is 0.243 e. The Kier molecular flexibility index (Phi) is 6.63. The van der Waals surface area contributed by atoms with Gasteiger partial charge in [0.1, 0.15) is 18.2 Å². The third kappa shape index (κ3) is 5.17. The number of hydrogen-bond acceptors (Lipinski definition) is 5. The molecule has 27 heavy (non-hydrogen) atoms. The normalized spacial score (nSPS) is 10.8. The van der Waals surface area contributed by atoms with Crippen LogP contribution in [-0.2, 0) is 19.7 Å². The molecule has 0 fully saturated rings. The van der Waals surface area contributed by atoms with Crippen molar-refractivity contribution in [1.82, 2.24) is 20.2 Å². The average Bonchev–Trinajstić information content (AvgIpc) is 3.08. The van der Waals surface area contributed by atoms with Gasteiger partial charge in [-0.1, -0.05) is 45.6 Å². The molecule has 0 saturated heterocycles. The van der Waals surface area contributed by atoms with Crippen LogP contribution in [0.5, 0.6) is 5.75 Å². The molecule has 3 aromatic rings. The highest BCUT2D eigenvalue weighted by molar-refractivity contribution is 9.10. The molecule has 1 N–H and O–H groups in total. The number of benzene rings is 2. The molecule has 1 aromatic heterocycles. The Bertz CT molecular complexity index is 921. The number of rotatable bonds is 8. The van der Waals surface area contributed by atoms with Gasteiger partial charge in [0.25, 0.3) is 0 Å². The highest BCUT2D eigenvalue weighted by Crippen LogP contribution is 2.26. The summed E-state index contributed by atoms with van der Waals surface area (Å²) < 4.78 is 21.8.